The van der Waals surface area contributed by atoms with Gasteiger partial charge in [-0.05, 0) is 23.6 Å². The van der Waals surface area contributed by atoms with E-state index in [1.807, 2.05) is 41.8 Å². The summed E-state index contributed by atoms with van der Waals surface area (Å²) in [5.74, 6) is 0.686. The molecule has 26 heavy (non-hydrogen) atoms. The highest BCUT2D eigenvalue weighted by molar-refractivity contribution is 7.10. The lowest BCUT2D eigenvalue weighted by molar-refractivity contribution is -0.133. The van der Waals surface area contributed by atoms with Gasteiger partial charge in [0.2, 0.25) is 11.8 Å². The first-order chi connectivity index (χ1) is 12.7. The number of piperazine rings is 1. The van der Waals surface area contributed by atoms with Crippen LogP contribution in [-0.2, 0) is 16.0 Å². The Morgan fingerprint density at radius 3 is 2.58 bits per heavy atom. The van der Waals surface area contributed by atoms with Crippen LogP contribution >= 0.6 is 11.3 Å². The molecule has 0 saturated carbocycles. The SMILES string of the molecule is COc1ccccc1N1CCN(C(=O)CNC(=O)Cc2cccs2)CC1. The second-order valence-corrected chi connectivity index (χ2v) is 7.10. The molecule has 1 saturated heterocycles. The quantitative estimate of drug-likeness (QED) is 0.838. The number of ether oxygens (including phenoxy) is 1. The van der Waals surface area contributed by atoms with Crippen LogP contribution < -0.4 is 15.0 Å². The summed E-state index contributed by atoms with van der Waals surface area (Å²) in [6.07, 6.45) is 0.326. The van der Waals surface area contributed by atoms with E-state index >= 15 is 0 Å². The van der Waals surface area contributed by atoms with Crippen LogP contribution in [0.5, 0.6) is 5.75 Å². The largest absolute Gasteiger partial charge is 0.495 e. The number of anilines is 1. The van der Waals surface area contributed by atoms with E-state index in [-0.39, 0.29) is 18.4 Å². The van der Waals surface area contributed by atoms with Crippen LogP contribution in [0.15, 0.2) is 41.8 Å². The van der Waals surface area contributed by atoms with E-state index in [2.05, 4.69) is 10.2 Å². The maximum Gasteiger partial charge on any atom is 0.242 e. The Hall–Kier alpha value is -2.54. The molecule has 3 rings (SSSR count). The normalized spacial score (nSPS) is 14.2. The van der Waals surface area contributed by atoms with E-state index in [0.717, 1.165) is 29.4 Å². The number of carbonyl (C=O) groups is 2. The van der Waals surface area contributed by atoms with Gasteiger partial charge in [-0.1, -0.05) is 18.2 Å². The number of nitrogens with zero attached hydrogens (tertiary/aromatic N) is 2. The summed E-state index contributed by atoms with van der Waals surface area (Å²) in [5.41, 5.74) is 1.05. The van der Waals surface area contributed by atoms with E-state index in [9.17, 15) is 9.59 Å². The number of carbonyl (C=O) groups excluding carboxylic acids is 2. The third-order valence-corrected chi connectivity index (χ3v) is 5.29. The van der Waals surface area contributed by atoms with Gasteiger partial charge in [0.15, 0.2) is 0 Å². The third kappa shape index (κ3) is 4.54. The van der Waals surface area contributed by atoms with Crippen LogP contribution in [0.3, 0.4) is 0 Å². The molecule has 0 unspecified atom stereocenters. The molecule has 1 aromatic carbocycles. The van der Waals surface area contributed by atoms with E-state index in [1.54, 1.807) is 23.3 Å². The van der Waals surface area contributed by atoms with Crippen molar-refractivity contribution in [3.05, 3.63) is 46.7 Å². The number of amides is 2. The standard InChI is InChI=1S/C19H23N3O3S/c1-25-17-7-3-2-6-16(17)21-8-10-22(11-9-21)19(24)14-20-18(23)13-15-5-4-12-26-15/h2-7,12H,8-11,13-14H2,1H3,(H,20,23). The highest BCUT2D eigenvalue weighted by atomic mass is 32.1. The maximum absolute atomic E-state index is 12.3. The van der Waals surface area contributed by atoms with Gasteiger partial charge in [-0.2, -0.15) is 0 Å². The topological polar surface area (TPSA) is 61.9 Å². The van der Waals surface area contributed by atoms with Crippen molar-refractivity contribution in [3.8, 4) is 5.75 Å². The van der Waals surface area contributed by atoms with Crippen LogP contribution in [0.1, 0.15) is 4.88 Å². The van der Waals surface area contributed by atoms with E-state index in [0.29, 0.717) is 19.5 Å². The number of para-hydroxylation sites is 2. The number of hydrogen-bond acceptors (Lipinski definition) is 5. The lowest BCUT2D eigenvalue weighted by Crippen LogP contribution is -2.51. The zero-order valence-corrected chi connectivity index (χ0v) is 15.6. The highest BCUT2D eigenvalue weighted by Crippen LogP contribution is 2.28. The van der Waals surface area contributed by atoms with Crippen molar-refractivity contribution in [2.75, 3.05) is 44.7 Å². The Bertz CT molecular complexity index is 740. The van der Waals surface area contributed by atoms with Gasteiger partial charge in [-0.25, -0.2) is 0 Å². The van der Waals surface area contributed by atoms with Crippen LogP contribution in [0, 0.1) is 0 Å². The molecule has 1 N–H and O–H groups in total. The second-order valence-electron chi connectivity index (χ2n) is 6.07. The molecule has 1 fully saturated rings. The van der Waals surface area contributed by atoms with Gasteiger partial charge in [0.1, 0.15) is 5.75 Å². The summed E-state index contributed by atoms with van der Waals surface area (Å²) in [7, 11) is 1.66. The van der Waals surface area contributed by atoms with E-state index in [4.69, 9.17) is 4.74 Å². The van der Waals surface area contributed by atoms with Gasteiger partial charge in [0, 0.05) is 31.1 Å². The molecule has 138 valence electrons. The first kappa shape index (κ1) is 18.3. The number of rotatable bonds is 6. The zero-order chi connectivity index (χ0) is 18.4. The Labute approximate surface area is 157 Å². The summed E-state index contributed by atoms with van der Waals surface area (Å²) < 4.78 is 5.41. The summed E-state index contributed by atoms with van der Waals surface area (Å²) in [4.78, 5) is 29.3. The van der Waals surface area contributed by atoms with Crippen molar-refractivity contribution in [2.24, 2.45) is 0 Å². The average Bonchev–Trinajstić information content (AvgIpc) is 3.19. The number of thiophene rings is 1. The molecule has 2 amide bonds. The first-order valence-corrected chi connectivity index (χ1v) is 9.50. The number of methoxy groups -OCH3 is 1. The van der Waals surface area contributed by atoms with Crippen molar-refractivity contribution in [1.29, 1.82) is 0 Å². The number of hydrogen-bond donors (Lipinski definition) is 1. The molecule has 0 radical (unpaired) electrons. The van der Waals surface area contributed by atoms with Gasteiger partial charge >= 0.3 is 0 Å². The van der Waals surface area contributed by atoms with Crippen LogP contribution in [-0.4, -0.2) is 56.5 Å². The van der Waals surface area contributed by atoms with Gasteiger partial charge in [0.25, 0.3) is 0 Å². The Balaban J connectivity index is 1.45. The molecular weight excluding hydrogens is 350 g/mol. The lowest BCUT2D eigenvalue weighted by atomic mass is 10.2. The summed E-state index contributed by atoms with van der Waals surface area (Å²) in [6.45, 7) is 2.82. The van der Waals surface area contributed by atoms with Crippen molar-refractivity contribution in [1.82, 2.24) is 10.2 Å². The summed E-state index contributed by atoms with van der Waals surface area (Å²) >= 11 is 1.54. The Kier molecular flexibility index (Phi) is 6.12. The van der Waals surface area contributed by atoms with Gasteiger partial charge in [-0.3, -0.25) is 9.59 Å². The minimum Gasteiger partial charge on any atom is -0.495 e. The van der Waals surface area contributed by atoms with Crippen molar-refractivity contribution in [2.45, 2.75) is 6.42 Å². The molecule has 0 atom stereocenters. The third-order valence-electron chi connectivity index (χ3n) is 4.41. The molecule has 7 heteroatoms. The van der Waals surface area contributed by atoms with Crippen LogP contribution in [0.4, 0.5) is 5.69 Å². The number of nitrogens with one attached hydrogen (secondary N) is 1. The molecule has 1 aromatic heterocycles. The first-order valence-electron chi connectivity index (χ1n) is 8.62. The molecule has 6 nitrogen and oxygen atoms in total. The minimum atomic E-state index is -0.117. The van der Waals surface area contributed by atoms with Gasteiger partial charge in [-0.15, -0.1) is 11.3 Å². The Morgan fingerprint density at radius 2 is 1.88 bits per heavy atom. The molecule has 0 spiro atoms. The molecule has 2 heterocycles. The minimum absolute atomic E-state index is 0.0378. The van der Waals surface area contributed by atoms with Crippen molar-refractivity contribution < 1.29 is 14.3 Å². The molecule has 0 bridgehead atoms. The number of benzene rings is 1. The van der Waals surface area contributed by atoms with Gasteiger partial charge in [0.05, 0.1) is 25.8 Å². The highest BCUT2D eigenvalue weighted by Gasteiger charge is 2.23. The Morgan fingerprint density at radius 1 is 1.12 bits per heavy atom. The van der Waals surface area contributed by atoms with Crippen molar-refractivity contribution >= 4 is 28.8 Å². The van der Waals surface area contributed by atoms with Crippen molar-refractivity contribution in [3.63, 3.8) is 0 Å². The second kappa shape index (κ2) is 8.71. The fourth-order valence-electron chi connectivity index (χ4n) is 3.01. The van der Waals surface area contributed by atoms with E-state index in [1.165, 1.54) is 0 Å². The summed E-state index contributed by atoms with van der Waals surface area (Å²) in [5, 5.41) is 4.66. The molecular formula is C19H23N3O3S. The molecule has 1 aliphatic heterocycles. The van der Waals surface area contributed by atoms with Crippen LogP contribution in [0.25, 0.3) is 0 Å². The predicted molar refractivity (Wildman–Crippen MR) is 103 cm³/mol. The molecule has 0 aliphatic carbocycles. The maximum atomic E-state index is 12.3. The predicted octanol–water partition coefficient (Wildman–Crippen LogP) is 1.76. The fourth-order valence-corrected chi connectivity index (χ4v) is 3.71. The lowest BCUT2D eigenvalue weighted by Gasteiger charge is -2.36. The molecule has 2 aromatic rings. The van der Waals surface area contributed by atoms with Gasteiger partial charge < -0.3 is 19.9 Å². The smallest absolute Gasteiger partial charge is 0.242 e. The van der Waals surface area contributed by atoms with E-state index < -0.39 is 0 Å². The monoisotopic (exact) mass is 373 g/mol. The summed E-state index contributed by atoms with van der Waals surface area (Å²) in [6, 6.07) is 11.7. The molecule has 1 aliphatic rings. The fraction of sp³-hybridized carbons (Fsp3) is 0.368. The van der Waals surface area contributed by atoms with Crippen LogP contribution in [0.2, 0.25) is 0 Å². The average molecular weight is 373 g/mol. The zero-order valence-electron chi connectivity index (χ0n) is 14.8.